The Morgan fingerprint density at radius 1 is 1.24 bits per heavy atom. The maximum Gasteiger partial charge on any atom is 0.340 e. The second-order valence-electron chi connectivity index (χ2n) is 7.30. The standard InChI is InChI=1S/C22H28FN3O3/c1-3-16-14-24-22(25-15-16)26-10-8-17(9-11-26)5-4-12-29-18-6-7-19(20(23)13-18)21(27)28-2/h6-7,13-15,17H,3-5,8-12H2,1-2H3. The molecule has 2 heterocycles. The fourth-order valence-electron chi connectivity index (χ4n) is 3.54. The van der Waals surface area contributed by atoms with Gasteiger partial charge in [-0.1, -0.05) is 6.92 Å². The van der Waals surface area contributed by atoms with Crippen LogP contribution in [0.1, 0.15) is 48.5 Å². The van der Waals surface area contributed by atoms with Crippen LogP contribution in [0.25, 0.3) is 0 Å². The Morgan fingerprint density at radius 3 is 2.59 bits per heavy atom. The van der Waals surface area contributed by atoms with Gasteiger partial charge in [0.1, 0.15) is 11.6 Å². The van der Waals surface area contributed by atoms with Crippen LogP contribution in [0.4, 0.5) is 10.3 Å². The molecule has 2 aromatic rings. The van der Waals surface area contributed by atoms with Crippen LogP contribution in [0, 0.1) is 11.7 Å². The zero-order valence-corrected chi connectivity index (χ0v) is 17.1. The predicted molar refractivity (Wildman–Crippen MR) is 109 cm³/mol. The van der Waals surface area contributed by atoms with E-state index in [9.17, 15) is 9.18 Å². The van der Waals surface area contributed by atoms with Crippen LogP contribution < -0.4 is 9.64 Å². The summed E-state index contributed by atoms with van der Waals surface area (Å²) in [5, 5.41) is 0. The van der Waals surface area contributed by atoms with Crippen molar-refractivity contribution >= 4 is 11.9 Å². The van der Waals surface area contributed by atoms with Crippen molar-refractivity contribution in [3.8, 4) is 5.75 Å². The highest BCUT2D eigenvalue weighted by Gasteiger charge is 2.20. The number of piperidine rings is 1. The number of aryl methyl sites for hydroxylation is 1. The summed E-state index contributed by atoms with van der Waals surface area (Å²) in [6.45, 7) is 4.56. The molecule has 0 spiro atoms. The molecule has 7 heteroatoms. The van der Waals surface area contributed by atoms with Gasteiger partial charge in [0.15, 0.2) is 0 Å². The predicted octanol–water partition coefficient (Wildman–Crippen LogP) is 4.04. The van der Waals surface area contributed by atoms with E-state index >= 15 is 0 Å². The van der Waals surface area contributed by atoms with Crippen LogP contribution in [0.15, 0.2) is 30.6 Å². The van der Waals surface area contributed by atoms with Crippen molar-refractivity contribution in [2.45, 2.75) is 39.0 Å². The fraction of sp³-hybridized carbons (Fsp3) is 0.500. The second kappa shape index (κ2) is 10.2. The summed E-state index contributed by atoms with van der Waals surface area (Å²) in [6, 6.07) is 4.22. The van der Waals surface area contributed by atoms with Gasteiger partial charge >= 0.3 is 5.97 Å². The van der Waals surface area contributed by atoms with Crippen molar-refractivity contribution in [3.05, 3.63) is 47.5 Å². The summed E-state index contributed by atoms with van der Waals surface area (Å²) in [5.74, 6) is 0.588. The van der Waals surface area contributed by atoms with E-state index < -0.39 is 11.8 Å². The molecule has 0 bridgehead atoms. The van der Waals surface area contributed by atoms with E-state index in [2.05, 4.69) is 26.5 Å². The molecule has 29 heavy (non-hydrogen) atoms. The van der Waals surface area contributed by atoms with E-state index in [0.717, 1.165) is 56.7 Å². The Hall–Kier alpha value is -2.70. The zero-order valence-electron chi connectivity index (χ0n) is 17.1. The van der Waals surface area contributed by atoms with Crippen molar-refractivity contribution < 1.29 is 18.7 Å². The lowest BCUT2D eigenvalue weighted by Crippen LogP contribution is -2.35. The minimum absolute atomic E-state index is 0.0834. The molecule has 0 aliphatic carbocycles. The number of anilines is 1. The number of methoxy groups -OCH3 is 1. The molecule has 1 aliphatic rings. The zero-order chi connectivity index (χ0) is 20.6. The minimum Gasteiger partial charge on any atom is -0.493 e. The third kappa shape index (κ3) is 5.65. The summed E-state index contributed by atoms with van der Waals surface area (Å²) in [5.41, 5.74) is 1.07. The third-order valence-corrected chi connectivity index (χ3v) is 5.37. The fourth-order valence-corrected chi connectivity index (χ4v) is 3.54. The van der Waals surface area contributed by atoms with Crippen LogP contribution in [0.2, 0.25) is 0 Å². The molecule has 0 radical (unpaired) electrons. The molecule has 1 aromatic heterocycles. The van der Waals surface area contributed by atoms with Crippen LogP contribution in [0.5, 0.6) is 5.75 Å². The lowest BCUT2D eigenvalue weighted by atomic mass is 9.92. The Labute approximate surface area is 171 Å². The van der Waals surface area contributed by atoms with E-state index in [0.29, 0.717) is 18.3 Å². The van der Waals surface area contributed by atoms with Crippen molar-refractivity contribution in [2.75, 3.05) is 31.7 Å². The lowest BCUT2D eigenvalue weighted by molar-refractivity contribution is 0.0595. The average Bonchev–Trinajstić information content (AvgIpc) is 2.77. The number of ether oxygens (including phenoxy) is 2. The summed E-state index contributed by atoms with van der Waals surface area (Å²) < 4.78 is 24.1. The number of carbonyl (C=O) groups excluding carboxylic acids is 1. The van der Waals surface area contributed by atoms with Gasteiger partial charge in [-0.3, -0.25) is 0 Å². The average molecular weight is 401 g/mol. The molecule has 0 N–H and O–H groups in total. The number of hydrogen-bond donors (Lipinski definition) is 0. The molecule has 1 fully saturated rings. The number of esters is 1. The normalized spacial score (nSPS) is 14.7. The van der Waals surface area contributed by atoms with Gasteiger partial charge in [0.25, 0.3) is 0 Å². The molecule has 1 aromatic carbocycles. The molecule has 0 saturated carbocycles. The number of nitrogens with zero attached hydrogens (tertiary/aromatic N) is 3. The smallest absolute Gasteiger partial charge is 0.340 e. The summed E-state index contributed by atoms with van der Waals surface area (Å²) in [7, 11) is 1.23. The number of rotatable bonds is 8. The van der Waals surface area contributed by atoms with Gasteiger partial charge in [-0.2, -0.15) is 0 Å². The first-order valence-electron chi connectivity index (χ1n) is 10.2. The number of halogens is 1. The Kier molecular flexibility index (Phi) is 7.38. The van der Waals surface area contributed by atoms with Crippen molar-refractivity contribution in [1.82, 2.24) is 9.97 Å². The van der Waals surface area contributed by atoms with Crippen molar-refractivity contribution in [3.63, 3.8) is 0 Å². The summed E-state index contributed by atoms with van der Waals surface area (Å²) in [4.78, 5) is 22.6. The van der Waals surface area contributed by atoms with Gasteiger partial charge in [0.2, 0.25) is 5.95 Å². The van der Waals surface area contributed by atoms with Gasteiger partial charge in [-0.05, 0) is 55.7 Å². The molecule has 0 unspecified atom stereocenters. The number of aromatic nitrogens is 2. The Morgan fingerprint density at radius 2 is 1.97 bits per heavy atom. The van der Waals surface area contributed by atoms with Crippen LogP contribution in [0.3, 0.4) is 0 Å². The third-order valence-electron chi connectivity index (χ3n) is 5.37. The first kappa shape index (κ1) is 21.0. The summed E-state index contributed by atoms with van der Waals surface area (Å²) in [6.07, 6.45) is 8.98. The molecule has 1 saturated heterocycles. The maximum atomic E-state index is 13.9. The second-order valence-corrected chi connectivity index (χ2v) is 7.30. The minimum atomic E-state index is -0.688. The molecule has 3 rings (SSSR count). The van der Waals surface area contributed by atoms with Crippen molar-refractivity contribution in [1.29, 1.82) is 0 Å². The number of hydrogen-bond acceptors (Lipinski definition) is 6. The first-order chi connectivity index (χ1) is 14.1. The van der Waals surface area contributed by atoms with E-state index in [4.69, 9.17) is 4.74 Å². The van der Waals surface area contributed by atoms with Gasteiger partial charge in [0.05, 0.1) is 19.3 Å². The van der Waals surface area contributed by atoms with E-state index in [1.807, 2.05) is 12.4 Å². The van der Waals surface area contributed by atoms with Crippen LogP contribution >= 0.6 is 0 Å². The highest BCUT2D eigenvalue weighted by Crippen LogP contribution is 2.24. The molecular formula is C22H28FN3O3. The maximum absolute atomic E-state index is 13.9. The largest absolute Gasteiger partial charge is 0.493 e. The monoisotopic (exact) mass is 401 g/mol. The molecule has 0 amide bonds. The Balaban J connectivity index is 1.37. The van der Waals surface area contributed by atoms with Crippen LogP contribution in [-0.4, -0.2) is 42.7 Å². The molecule has 6 nitrogen and oxygen atoms in total. The molecular weight excluding hydrogens is 373 g/mol. The highest BCUT2D eigenvalue weighted by atomic mass is 19.1. The first-order valence-corrected chi connectivity index (χ1v) is 10.2. The van der Waals surface area contributed by atoms with E-state index in [1.54, 1.807) is 6.07 Å². The van der Waals surface area contributed by atoms with E-state index in [-0.39, 0.29) is 5.56 Å². The van der Waals surface area contributed by atoms with Gasteiger partial charge in [-0.25, -0.2) is 19.2 Å². The van der Waals surface area contributed by atoms with Crippen LogP contribution in [-0.2, 0) is 11.2 Å². The number of benzene rings is 1. The quantitative estimate of drug-likeness (QED) is 0.491. The van der Waals surface area contributed by atoms with Crippen molar-refractivity contribution in [2.24, 2.45) is 5.92 Å². The van der Waals surface area contributed by atoms with Gasteiger partial charge < -0.3 is 14.4 Å². The number of carbonyl (C=O) groups is 1. The molecule has 1 aliphatic heterocycles. The van der Waals surface area contributed by atoms with E-state index in [1.165, 1.54) is 19.2 Å². The molecule has 156 valence electrons. The SMILES string of the molecule is CCc1cnc(N2CCC(CCCOc3ccc(C(=O)OC)c(F)c3)CC2)nc1. The van der Waals surface area contributed by atoms with Gasteiger partial charge in [-0.15, -0.1) is 0 Å². The summed E-state index contributed by atoms with van der Waals surface area (Å²) >= 11 is 0. The lowest BCUT2D eigenvalue weighted by Gasteiger charge is -2.32. The highest BCUT2D eigenvalue weighted by molar-refractivity contribution is 5.89. The van der Waals surface area contributed by atoms with Gasteiger partial charge in [0, 0.05) is 31.5 Å². The Bertz CT molecular complexity index is 805. The molecule has 0 atom stereocenters. The topological polar surface area (TPSA) is 64.6 Å².